The molecule has 3 nitrogen and oxygen atoms in total. The molecule has 0 saturated carbocycles. The van der Waals surface area contributed by atoms with Crippen LogP contribution in [0.2, 0.25) is 0 Å². The molecule has 0 spiro atoms. The van der Waals surface area contributed by atoms with E-state index in [-0.39, 0.29) is 12.0 Å². The highest BCUT2D eigenvalue weighted by Gasteiger charge is 2.21. The van der Waals surface area contributed by atoms with Crippen molar-refractivity contribution in [1.82, 2.24) is 4.98 Å². The number of aliphatic hydroxyl groups is 1. The molecule has 0 fully saturated rings. The minimum atomic E-state index is -0.347. The van der Waals surface area contributed by atoms with Crippen LogP contribution in [-0.2, 0) is 6.42 Å². The van der Waals surface area contributed by atoms with Crippen LogP contribution in [0.4, 0.5) is 0 Å². The topological polar surface area (TPSA) is 59.1 Å². The van der Waals surface area contributed by atoms with Gasteiger partial charge in [-0.15, -0.1) is 11.3 Å². The predicted octanol–water partition coefficient (Wildman–Crippen LogP) is 1.28. The van der Waals surface area contributed by atoms with Gasteiger partial charge in [-0.05, 0) is 18.4 Å². The summed E-state index contributed by atoms with van der Waals surface area (Å²) in [6.07, 6.45) is 2.13. The first-order chi connectivity index (χ1) is 6.65. The van der Waals surface area contributed by atoms with Crippen LogP contribution >= 0.6 is 11.3 Å². The Morgan fingerprint density at radius 3 is 2.71 bits per heavy atom. The summed E-state index contributed by atoms with van der Waals surface area (Å²) in [5.41, 5.74) is 7.42. The number of rotatable bonds is 5. The van der Waals surface area contributed by atoms with Gasteiger partial charge in [-0.25, -0.2) is 0 Å². The lowest BCUT2D eigenvalue weighted by molar-refractivity contribution is 0.0870. The van der Waals surface area contributed by atoms with E-state index in [0.29, 0.717) is 18.9 Å². The van der Waals surface area contributed by atoms with E-state index in [1.54, 1.807) is 16.8 Å². The number of nitrogens with zero attached hydrogens (tertiary/aromatic N) is 1. The molecule has 2 atom stereocenters. The first-order valence-corrected chi connectivity index (χ1v) is 5.78. The highest BCUT2D eigenvalue weighted by Crippen LogP contribution is 2.19. The van der Waals surface area contributed by atoms with E-state index in [4.69, 9.17) is 5.73 Å². The molecular weight excluding hydrogens is 196 g/mol. The van der Waals surface area contributed by atoms with Crippen molar-refractivity contribution in [2.24, 2.45) is 17.6 Å². The maximum atomic E-state index is 9.95. The summed E-state index contributed by atoms with van der Waals surface area (Å²) in [5.74, 6) is 0.597. The SMILES string of the molecule is CC(C)C(CN)C(O)Cc1cncs1. The Morgan fingerprint density at radius 1 is 1.57 bits per heavy atom. The van der Waals surface area contributed by atoms with E-state index in [1.165, 1.54) is 0 Å². The largest absolute Gasteiger partial charge is 0.392 e. The Labute approximate surface area is 89.0 Å². The minimum Gasteiger partial charge on any atom is -0.392 e. The zero-order valence-corrected chi connectivity index (χ0v) is 9.50. The van der Waals surface area contributed by atoms with Gasteiger partial charge < -0.3 is 10.8 Å². The van der Waals surface area contributed by atoms with Gasteiger partial charge in [0.15, 0.2) is 0 Å². The molecule has 0 aromatic carbocycles. The highest BCUT2D eigenvalue weighted by atomic mass is 32.1. The van der Waals surface area contributed by atoms with Crippen molar-refractivity contribution < 1.29 is 5.11 Å². The first-order valence-electron chi connectivity index (χ1n) is 4.90. The van der Waals surface area contributed by atoms with Crippen molar-refractivity contribution in [3.63, 3.8) is 0 Å². The summed E-state index contributed by atoms with van der Waals surface area (Å²) in [7, 11) is 0. The molecule has 0 bridgehead atoms. The van der Waals surface area contributed by atoms with E-state index in [1.807, 2.05) is 6.20 Å². The van der Waals surface area contributed by atoms with Crippen LogP contribution in [0.15, 0.2) is 11.7 Å². The van der Waals surface area contributed by atoms with Crippen molar-refractivity contribution in [3.05, 3.63) is 16.6 Å². The van der Waals surface area contributed by atoms with Crippen molar-refractivity contribution in [2.75, 3.05) is 6.54 Å². The molecular formula is C10H18N2OS. The zero-order chi connectivity index (χ0) is 10.6. The molecule has 1 aromatic heterocycles. The van der Waals surface area contributed by atoms with E-state index in [2.05, 4.69) is 18.8 Å². The molecule has 0 aliphatic heterocycles. The minimum absolute atomic E-state index is 0.178. The van der Waals surface area contributed by atoms with Gasteiger partial charge in [-0.2, -0.15) is 0 Å². The summed E-state index contributed by atoms with van der Waals surface area (Å²) in [5, 5.41) is 9.95. The lowest BCUT2D eigenvalue weighted by Gasteiger charge is -2.24. The quantitative estimate of drug-likeness (QED) is 0.776. The van der Waals surface area contributed by atoms with E-state index in [0.717, 1.165) is 4.88 Å². The third kappa shape index (κ3) is 3.04. The second kappa shape index (κ2) is 5.44. The number of thiazole rings is 1. The predicted molar refractivity (Wildman–Crippen MR) is 59.2 cm³/mol. The number of aliphatic hydroxyl groups excluding tert-OH is 1. The smallest absolute Gasteiger partial charge is 0.0794 e. The van der Waals surface area contributed by atoms with Gasteiger partial charge in [0.05, 0.1) is 11.6 Å². The van der Waals surface area contributed by atoms with Crippen LogP contribution in [0, 0.1) is 11.8 Å². The number of hydrogen-bond acceptors (Lipinski definition) is 4. The molecule has 1 heterocycles. The molecule has 1 rings (SSSR count). The summed E-state index contributed by atoms with van der Waals surface area (Å²) in [4.78, 5) is 5.10. The van der Waals surface area contributed by atoms with E-state index < -0.39 is 0 Å². The Bertz CT molecular complexity index is 249. The number of nitrogens with two attached hydrogens (primary N) is 1. The Hall–Kier alpha value is -0.450. The molecule has 4 heteroatoms. The number of hydrogen-bond donors (Lipinski definition) is 2. The van der Waals surface area contributed by atoms with E-state index >= 15 is 0 Å². The van der Waals surface area contributed by atoms with Gasteiger partial charge in [0.2, 0.25) is 0 Å². The average Bonchev–Trinajstić information content (AvgIpc) is 2.57. The van der Waals surface area contributed by atoms with Crippen molar-refractivity contribution >= 4 is 11.3 Å². The third-order valence-corrected chi connectivity index (χ3v) is 3.32. The maximum Gasteiger partial charge on any atom is 0.0794 e. The maximum absolute atomic E-state index is 9.95. The molecule has 2 unspecified atom stereocenters. The Balaban J connectivity index is 2.51. The standard InChI is InChI=1S/C10H18N2OS/c1-7(2)9(4-11)10(13)3-8-5-12-6-14-8/h5-7,9-10,13H,3-4,11H2,1-2H3. The highest BCUT2D eigenvalue weighted by molar-refractivity contribution is 7.09. The van der Waals surface area contributed by atoms with Crippen LogP contribution in [0.25, 0.3) is 0 Å². The first kappa shape index (κ1) is 11.6. The van der Waals surface area contributed by atoms with Gasteiger partial charge in [0.25, 0.3) is 0 Å². The molecule has 1 aromatic rings. The molecule has 0 aliphatic rings. The van der Waals surface area contributed by atoms with Crippen LogP contribution in [0.1, 0.15) is 18.7 Å². The lowest BCUT2D eigenvalue weighted by atomic mass is 9.88. The van der Waals surface area contributed by atoms with Crippen LogP contribution in [-0.4, -0.2) is 22.7 Å². The summed E-state index contributed by atoms with van der Waals surface area (Å²) in [6, 6.07) is 0. The summed E-state index contributed by atoms with van der Waals surface area (Å²) in [6.45, 7) is 4.72. The van der Waals surface area contributed by atoms with Crippen LogP contribution < -0.4 is 5.73 Å². The Kier molecular flexibility index (Phi) is 4.51. The van der Waals surface area contributed by atoms with Gasteiger partial charge in [-0.1, -0.05) is 13.8 Å². The van der Waals surface area contributed by atoms with Crippen molar-refractivity contribution in [1.29, 1.82) is 0 Å². The summed E-state index contributed by atoms with van der Waals surface area (Å²) < 4.78 is 0. The fourth-order valence-corrected chi connectivity index (χ4v) is 2.22. The van der Waals surface area contributed by atoms with Crippen molar-refractivity contribution in [2.45, 2.75) is 26.4 Å². The third-order valence-electron chi connectivity index (χ3n) is 2.52. The molecule has 80 valence electrons. The number of aromatic nitrogens is 1. The normalized spacial score (nSPS) is 15.8. The molecule has 0 aliphatic carbocycles. The fourth-order valence-electron chi connectivity index (χ4n) is 1.57. The zero-order valence-electron chi connectivity index (χ0n) is 8.68. The second-order valence-corrected chi connectivity index (χ2v) is 4.85. The van der Waals surface area contributed by atoms with Crippen molar-refractivity contribution in [3.8, 4) is 0 Å². The average molecular weight is 214 g/mol. The lowest BCUT2D eigenvalue weighted by Crippen LogP contribution is -2.33. The fraction of sp³-hybridized carbons (Fsp3) is 0.700. The molecule has 3 N–H and O–H groups in total. The molecule has 14 heavy (non-hydrogen) atoms. The summed E-state index contributed by atoms with van der Waals surface area (Å²) >= 11 is 1.58. The molecule has 0 saturated heterocycles. The van der Waals surface area contributed by atoms with E-state index in [9.17, 15) is 5.11 Å². The second-order valence-electron chi connectivity index (χ2n) is 3.88. The van der Waals surface area contributed by atoms with Gasteiger partial charge in [0, 0.05) is 17.5 Å². The van der Waals surface area contributed by atoms with Gasteiger partial charge >= 0.3 is 0 Å². The van der Waals surface area contributed by atoms with Crippen LogP contribution in [0.5, 0.6) is 0 Å². The Morgan fingerprint density at radius 2 is 2.29 bits per heavy atom. The monoisotopic (exact) mass is 214 g/mol. The van der Waals surface area contributed by atoms with Crippen LogP contribution in [0.3, 0.4) is 0 Å². The molecule has 0 radical (unpaired) electrons. The molecule has 0 amide bonds. The van der Waals surface area contributed by atoms with Gasteiger partial charge in [0.1, 0.15) is 0 Å². The van der Waals surface area contributed by atoms with Gasteiger partial charge in [-0.3, -0.25) is 4.98 Å².